The Balaban J connectivity index is 0.000000291. The van der Waals surface area contributed by atoms with Crippen LogP contribution in [0.5, 0.6) is 0 Å². The van der Waals surface area contributed by atoms with Crippen molar-refractivity contribution < 1.29 is 0 Å². The topological polar surface area (TPSA) is 64.9 Å². The van der Waals surface area contributed by atoms with Gasteiger partial charge in [0.2, 0.25) is 0 Å². The number of nitrogens with two attached hydrogens (primary N) is 2. The Hall–Kier alpha value is -0.930. The number of aromatic nitrogens is 1. The van der Waals surface area contributed by atoms with Gasteiger partial charge in [-0.1, -0.05) is 6.07 Å². The fourth-order valence-electron chi connectivity index (χ4n) is 0.448. The molecule has 0 atom stereocenters. The summed E-state index contributed by atoms with van der Waals surface area (Å²) in [7, 11) is 0. The number of hydrogen-bond donors (Lipinski definition) is 2. The van der Waals surface area contributed by atoms with E-state index in [4.69, 9.17) is 0 Å². The summed E-state index contributed by atoms with van der Waals surface area (Å²) < 4.78 is 0. The summed E-state index contributed by atoms with van der Waals surface area (Å²) >= 11 is 0. The molecule has 0 saturated heterocycles. The fraction of sp³-hybridized carbons (Fsp3) is 0.167. The summed E-state index contributed by atoms with van der Waals surface area (Å²) in [6, 6.07) is 3.95. The minimum absolute atomic E-state index is 1.21. The maximum atomic E-state index is 4.00. The molecular weight excluding hydrogens is 114 g/mol. The van der Waals surface area contributed by atoms with Crippen molar-refractivity contribution >= 4 is 0 Å². The maximum absolute atomic E-state index is 4.00. The van der Waals surface area contributed by atoms with E-state index in [1.807, 2.05) is 25.3 Å². The average molecular weight is 125 g/mol. The van der Waals surface area contributed by atoms with Crippen LogP contribution in [-0.4, -0.2) is 4.98 Å². The third kappa shape index (κ3) is 3.64. The number of aryl methyl sites for hydroxylation is 1. The highest BCUT2D eigenvalue weighted by molar-refractivity contribution is 5.04. The van der Waals surface area contributed by atoms with Gasteiger partial charge in [-0.25, -0.2) is 0 Å². The SMILES string of the molecule is Cc1cccnc1.NN. The van der Waals surface area contributed by atoms with Gasteiger partial charge >= 0.3 is 0 Å². The number of rotatable bonds is 0. The molecule has 0 spiro atoms. The molecule has 0 amide bonds. The lowest BCUT2D eigenvalue weighted by Crippen LogP contribution is -2.02. The Kier molecular flexibility index (Phi) is 4.67. The normalized spacial score (nSPS) is 7.44. The van der Waals surface area contributed by atoms with Gasteiger partial charge in [-0.05, 0) is 18.6 Å². The molecule has 0 aromatic carbocycles. The van der Waals surface area contributed by atoms with Crippen LogP contribution in [-0.2, 0) is 0 Å². The molecule has 1 rings (SSSR count). The van der Waals surface area contributed by atoms with Gasteiger partial charge in [0.1, 0.15) is 0 Å². The second-order valence-corrected chi connectivity index (χ2v) is 1.53. The molecule has 50 valence electrons. The van der Waals surface area contributed by atoms with Crippen molar-refractivity contribution in [3.63, 3.8) is 0 Å². The molecule has 0 saturated carbocycles. The molecule has 0 fully saturated rings. The van der Waals surface area contributed by atoms with Crippen molar-refractivity contribution in [3.05, 3.63) is 30.1 Å². The first-order valence-electron chi connectivity index (χ1n) is 2.59. The zero-order chi connectivity index (χ0) is 7.11. The zero-order valence-corrected chi connectivity index (χ0v) is 5.41. The number of pyridine rings is 1. The van der Waals surface area contributed by atoms with Gasteiger partial charge in [0, 0.05) is 12.4 Å². The molecule has 1 aromatic rings. The average Bonchev–Trinajstić information content (AvgIpc) is 1.94. The standard InChI is InChI=1S/C6H7N.H4N2/c1-6-3-2-4-7-5-6;1-2/h2-5H,1H3;1-2H2. The minimum atomic E-state index is 1.21. The van der Waals surface area contributed by atoms with Crippen LogP contribution in [0.3, 0.4) is 0 Å². The van der Waals surface area contributed by atoms with Crippen LogP contribution in [0.15, 0.2) is 24.5 Å². The first-order chi connectivity index (χ1) is 4.39. The third-order valence-electron chi connectivity index (χ3n) is 0.809. The highest BCUT2D eigenvalue weighted by Crippen LogP contribution is 1.88. The van der Waals surface area contributed by atoms with E-state index in [-0.39, 0.29) is 0 Å². The van der Waals surface area contributed by atoms with Crippen molar-refractivity contribution in [2.24, 2.45) is 11.7 Å². The molecule has 1 heterocycles. The Bertz CT molecular complexity index is 138. The lowest BCUT2D eigenvalue weighted by atomic mass is 10.3. The highest BCUT2D eigenvalue weighted by atomic mass is 15.0. The number of nitrogens with zero attached hydrogens (tertiary/aromatic N) is 1. The van der Waals surface area contributed by atoms with Crippen LogP contribution in [0, 0.1) is 6.92 Å². The number of hydrogen-bond acceptors (Lipinski definition) is 3. The van der Waals surface area contributed by atoms with E-state index < -0.39 is 0 Å². The first-order valence-corrected chi connectivity index (χ1v) is 2.59. The van der Waals surface area contributed by atoms with Crippen LogP contribution in [0.25, 0.3) is 0 Å². The molecule has 0 aliphatic heterocycles. The summed E-state index contributed by atoms with van der Waals surface area (Å²) in [4.78, 5) is 3.88. The van der Waals surface area contributed by atoms with Crippen LogP contribution in [0.1, 0.15) is 5.56 Å². The lowest BCUT2D eigenvalue weighted by molar-refractivity contribution is 1.26. The van der Waals surface area contributed by atoms with Gasteiger partial charge in [0.25, 0.3) is 0 Å². The molecule has 0 aliphatic carbocycles. The Morgan fingerprint density at radius 3 is 2.33 bits per heavy atom. The van der Waals surface area contributed by atoms with Crippen LogP contribution in [0.4, 0.5) is 0 Å². The zero-order valence-electron chi connectivity index (χ0n) is 5.41. The van der Waals surface area contributed by atoms with E-state index in [0.717, 1.165) is 0 Å². The van der Waals surface area contributed by atoms with E-state index in [9.17, 15) is 0 Å². The van der Waals surface area contributed by atoms with Gasteiger partial charge in [0.05, 0.1) is 0 Å². The van der Waals surface area contributed by atoms with Crippen molar-refractivity contribution in [1.82, 2.24) is 4.98 Å². The minimum Gasteiger partial charge on any atom is -0.274 e. The van der Waals surface area contributed by atoms with Crippen molar-refractivity contribution in [3.8, 4) is 0 Å². The fourth-order valence-corrected chi connectivity index (χ4v) is 0.448. The molecule has 4 N–H and O–H groups in total. The summed E-state index contributed by atoms with van der Waals surface area (Å²) in [6.07, 6.45) is 3.60. The smallest absolute Gasteiger partial charge is 0.0297 e. The van der Waals surface area contributed by atoms with E-state index in [1.54, 1.807) is 6.20 Å². The van der Waals surface area contributed by atoms with Crippen molar-refractivity contribution in [2.45, 2.75) is 6.92 Å². The second kappa shape index (κ2) is 5.21. The first kappa shape index (κ1) is 8.07. The highest BCUT2D eigenvalue weighted by Gasteiger charge is 1.73. The quantitative estimate of drug-likeness (QED) is 0.385. The van der Waals surface area contributed by atoms with Gasteiger partial charge in [-0.3, -0.25) is 16.7 Å². The molecule has 1 aromatic heterocycles. The van der Waals surface area contributed by atoms with E-state index in [1.165, 1.54) is 5.56 Å². The van der Waals surface area contributed by atoms with Gasteiger partial charge < -0.3 is 0 Å². The summed E-state index contributed by atoms with van der Waals surface area (Å²) in [5.41, 5.74) is 1.21. The molecule has 3 nitrogen and oxygen atoms in total. The Labute approximate surface area is 54.7 Å². The monoisotopic (exact) mass is 125 g/mol. The summed E-state index contributed by atoms with van der Waals surface area (Å²) in [6.45, 7) is 2.02. The van der Waals surface area contributed by atoms with Crippen LogP contribution in [0.2, 0.25) is 0 Å². The number of hydrazine groups is 1. The van der Waals surface area contributed by atoms with Gasteiger partial charge in [0.15, 0.2) is 0 Å². The Morgan fingerprint density at radius 1 is 1.44 bits per heavy atom. The molecule has 0 aliphatic rings. The van der Waals surface area contributed by atoms with E-state index in [0.29, 0.717) is 0 Å². The predicted octanol–water partition coefficient (Wildman–Crippen LogP) is 0.209. The lowest BCUT2D eigenvalue weighted by Gasteiger charge is -1.82. The molecule has 0 unspecified atom stereocenters. The van der Waals surface area contributed by atoms with Gasteiger partial charge in [-0.15, -0.1) is 0 Å². The molecular formula is C6H11N3. The summed E-state index contributed by atoms with van der Waals surface area (Å²) in [5, 5.41) is 0. The molecule has 0 bridgehead atoms. The van der Waals surface area contributed by atoms with E-state index >= 15 is 0 Å². The summed E-state index contributed by atoms with van der Waals surface area (Å²) in [5.74, 6) is 8.00. The predicted molar refractivity (Wildman–Crippen MR) is 37.3 cm³/mol. The van der Waals surface area contributed by atoms with Crippen molar-refractivity contribution in [1.29, 1.82) is 0 Å². The molecule has 0 radical (unpaired) electrons. The Morgan fingerprint density at radius 2 is 2.11 bits per heavy atom. The van der Waals surface area contributed by atoms with Gasteiger partial charge in [-0.2, -0.15) is 0 Å². The third-order valence-corrected chi connectivity index (χ3v) is 0.809. The van der Waals surface area contributed by atoms with E-state index in [2.05, 4.69) is 16.7 Å². The van der Waals surface area contributed by atoms with Crippen molar-refractivity contribution in [2.75, 3.05) is 0 Å². The van der Waals surface area contributed by atoms with Crippen LogP contribution >= 0.6 is 0 Å². The molecule has 3 heteroatoms. The van der Waals surface area contributed by atoms with Crippen LogP contribution < -0.4 is 11.7 Å². The maximum Gasteiger partial charge on any atom is 0.0297 e. The largest absolute Gasteiger partial charge is 0.274 e. The molecule has 9 heavy (non-hydrogen) atoms. The second-order valence-electron chi connectivity index (χ2n) is 1.53.